The van der Waals surface area contributed by atoms with Gasteiger partial charge >= 0.3 is 6.61 Å². The van der Waals surface area contributed by atoms with Crippen LogP contribution in [0.3, 0.4) is 0 Å². The molecule has 4 rings (SSSR count). The Kier molecular flexibility index (Phi) is 5.81. The zero-order chi connectivity index (χ0) is 19.9. The Bertz CT molecular complexity index is 1140. The molecule has 2 heterocycles. The van der Waals surface area contributed by atoms with Gasteiger partial charge in [0, 0.05) is 36.5 Å². The Morgan fingerprint density at radius 2 is 1.97 bits per heavy atom. The highest BCUT2D eigenvalue weighted by Crippen LogP contribution is 2.38. The number of nitrogens with one attached hydrogen (secondary N) is 1. The molecule has 0 radical (unpaired) electrons. The summed E-state index contributed by atoms with van der Waals surface area (Å²) in [6.07, 6.45) is 0.697. The van der Waals surface area contributed by atoms with Crippen molar-refractivity contribution in [1.29, 1.82) is 0 Å². The Morgan fingerprint density at radius 1 is 1.17 bits per heavy atom. The molecule has 1 aromatic heterocycles. The van der Waals surface area contributed by atoms with Gasteiger partial charge in [0.2, 0.25) is 9.84 Å². The average Bonchev–Trinajstić information content (AvgIpc) is 3.05. The van der Waals surface area contributed by atoms with Crippen LogP contribution < -0.4 is 14.8 Å². The fourth-order valence-electron chi connectivity index (χ4n) is 3.31. The molecule has 1 aliphatic heterocycles. The highest BCUT2D eigenvalue weighted by atomic mass is 32.2. The van der Waals surface area contributed by atoms with Crippen LogP contribution in [0.25, 0.3) is 11.0 Å². The van der Waals surface area contributed by atoms with Crippen LogP contribution in [-0.2, 0) is 22.8 Å². The molecule has 3 aromatic rings. The van der Waals surface area contributed by atoms with Crippen LogP contribution >= 0.6 is 0 Å². The third kappa shape index (κ3) is 3.79. The van der Waals surface area contributed by atoms with Crippen LogP contribution in [0.4, 0.5) is 8.78 Å². The third-order valence-electron chi connectivity index (χ3n) is 4.62. The highest BCUT2D eigenvalue weighted by molar-refractivity contribution is 7.91. The van der Waals surface area contributed by atoms with Crippen molar-refractivity contribution in [2.75, 3.05) is 13.7 Å². The lowest BCUT2D eigenvalue weighted by Gasteiger charge is -2.11. The average molecular weight is 425 g/mol. The van der Waals surface area contributed by atoms with E-state index in [9.17, 15) is 17.2 Å². The van der Waals surface area contributed by atoms with Crippen molar-refractivity contribution in [2.24, 2.45) is 0 Å². The van der Waals surface area contributed by atoms with E-state index in [1.54, 1.807) is 0 Å². The van der Waals surface area contributed by atoms with E-state index in [1.807, 2.05) is 0 Å². The van der Waals surface area contributed by atoms with Crippen molar-refractivity contribution in [2.45, 2.75) is 36.8 Å². The molecule has 0 fully saturated rings. The summed E-state index contributed by atoms with van der Waals surface area (Å²) >= 11 is 0. The van der Waals surface area contributed by atoms with Gasteiger partial charge in [-0.25, -0.2) is 8.42 Å². The first-order valence-electron chi connectivity index (χ1n) is 8.53. The standard InChI is InChI=1S/C19H17F2NO5S.CH4/c1-25-17-9-13(8-14-15-10-22-6-5-16(15)27-18(14)17)28(23,24)12-4-2-3-11(7-12)26-19(20)21;/h2-4,7-9,19,22H,5-6,10H2,1H3;1H4. The summed E-state index contributed by atoms with van der Waals surface area (Å²) in [4.78, 5) is -0.164. The maximum absolute atomic E-state index is 13.1. The minimum Gasteiger partial charge on any atom is -0.493 e. The molecule has 6 nitrogen and oxygen atoms in total. The fraction of sp³-hybridized carbons (Fsp3) is 0.300. The summed E-state index contributed by atoms with van der Waals surface area (Å²) in [7, 11) is -2.56. The molecule has 0 aliphatic carbocycles. The fourth-order valence-corrected chi connectivity index (χ4v) is 4.65. The Labute approximate surface area is 167 Å². The molecule has 156 valence electrons. The lowest BCUT2D eigenvalue weighted by atomic mass is 10.1. The Hall–Kier alpha value is -2.65. The van der Waals surface area contributed by atoms with E-state index in [1.165, 1.54) is 37.4 Å². The minimum atomic E-state index is -3.99. The number of benzene rings is 2. The number of furan rings is 1. The van der Waals surface area contributed by atoms with E-state index >= 15 is 0 Å². The SMILES string of the molecule is C.COc1cc(S(=O)(=O)c2cccc(OC(F)F)c2)cc2c3c(oc12)CCNC3. The summed E-state index contributed by atoms with van der Waals surface area (Å²) < 4.78 is 66.7. The van der Waals surface area contributed by atoms with E-state index in [-0.39, 0.29) is 23.0 Å². The molecule has 0 bridgehead atoms. The monoisotopic (exact) mass is 425 g/mol. The van der Waals surface area contributed by atoms with Crippen LogP contribution in [0.1, 0.15) is 18.8 Å². The zero-order valence-corrected chi connectivity index (χ0v) is 15.7. The molecular weight excluding hydrogens is 404 g/mol. The first-order valence-corrected chi connectivity index (χ1v) is 10.0. The smallest absolute Gasteiger partial charge is 0.387 e. The minimum absolute atomic E-state index is 0. The first-order chi connectivity index (χ1) is 13.4. The van der Waals surface area contributed by atoms with Gasteiger partial charge < -0.3 is 19.2 Å². The molecule has 0 amide bonds. The Morgan fingerprint density at radius 3 is 2.69 bits per heavy atom. The van der Waals surface area contributed by atoms with Gasteiger partial charge in [0.1, 0.15) is 11.5 Å². The molecule has 9 heteroatoms. The summed E-state index contributed by atoms with van der Waals surface area (Å²) in [6, 6.07) is 7.93. The predicted molar refractivity (Wildman–Crippen MR) is 103 cm³/mol. The molecule has 0 atom stereocenters. The number of sulfone groups is 1. The quantitative estimate of drug-likeness (QED) is 0.662. The number of halogens is 2. The molecule has 0 saturated heterocycles. The molecule has 2 aromatic carbocycles. The van der Waals surface area contributed by atoms with Crippen molar-refractivity contribution >= 4 is 20.8 Å². The van der Waals surface area contributed by atoms with Gasteiger partial charge in [-0.3, -0.25) is 0 Å². The van der Waals surface area contributed by atoms with E-state index in [4.69, 9.17) is 9.15 Å². The van der Waals surface area contributed by atoms with Crippen molar-refractivity contribution in [3.63, 3.8) is 0 Å². The van der Waals surface area contributed by atoms with Gasteiger partial charge in [-0.2, -0.15) is 8.78 Å². The molecule has 1 N–H and O–H groups in total. The normalized spacial score (nSPS) is 13.8. The number of rotatable bonds is 5. The lowest BCUT2D eigenvalue weighted by Crippen LogP contribution is -2.22. The number of hydrogen-bond acceptors (Lipinski definition) is 6. The number of hydrogen-bond donors (Lipinski definition) is 1. The van der Waals surface area contributed by atoms with Crippen LogP contribution in [0, 0.1) is 0 Å². The first kappa shape index (κ1) is 21.1. The number of ether oxygens (including phenoxy) is 2. The van der Waals surface area contributed by atoms with Gasteiger partial charge in [-0.1, -0.05) is 13.5 Å². The van der Waals surface area contributed by atoms with E-state index in [0.29, 0.717) is 29.7 Å². The summed E-state index contributed by atoms with van der Waals surface area (Å²) in [5.74, 6) is 0.869. The van der Waals surface area contributed by atoms with E-state index in [0.717, 1.165) is 23.9 Å². The van der Waals surface area contributed by atoms with Gasteiger partial charge in [0.15, 0.2) is 11.3 Å². The summed E-state index contributed by atoms with van der Waals surface area (Å²) in [6.45, 7) is -1.71. The van der Waals surface area contributed by atoms with Crippen LogP contribution in [-0.4, -0.2) is 28.7 Å². The highest BCUT2D eigenvalue weighted by Gasteiger charge is 2.26. The summed E-state index contributed by atoms with van der Waals surface area (Å²) in [5.41, 5.74) is 1.39. The number of methoxy groups -OCH3 is 1. The van der Waals surface area contributed by atoms with Gasteiger partial charge in [0.05, 0.1) is 16.9 Å². The lowest BCUT2D eigenvalue weighted by molar-refractivity contribution is -0.0499. The third-order valence-corrected chi connectivity index (χ3v) is 6.35. The second-order valence-electron chi connectivity index (χ2n) is 6.29. The predicted octanol–water partition coefficient (Wildman–Crippen LogP) is 4.16. The van der Waals surface area contributed by atoms with Gasteiger partial charge in [-0.05, 0) is 24.3 Å². The molecule has 0 unspecified atom stereocenters. The molecule has 1 aliphatic rings. The van der Waals surface area contributed by atoms with Crippen molar-refractivity contribution in [3.8, 4) is 11.5 Å². The van der Waals surface area contributed by atoms with E-state index in [2.05, 4.69) is 10.1 Å². The molecular formula is C20H21F2NO5S. The Balaban J connectivity index is 0.00000240. The second-order valence-corrected chi connectivity index (χ2v) is 8.24. The number of fused-ring (bicyclic) bond motifs is 3. The van der Waals surface area contributed by atoms with Gasteiger partial charge in [0.25, 0.3) is 0 Å². The van der Waals surface area contributed by atoms with E-state index < -0.39 is 16.4 Å². The van der Waals surface area contributed by atoms with Crippen LogP contribution in [0.15, 0.2) is 50.6 Å². The molecule has 0 saturated carbocycles. The molecule has 0 spiro atoms. The van der Waals surface area contributed by atoms with Crippen molar-refractivity contribution < 1.29 is 31.1 Å². The zero-order valence-electron chi connectivity index (χ0n) is 14.9. The topological polar surface area (TPSA) is 77.8 Å². The second kappa shape index (κ2) is 8.00. The van der Waals surface area contributed by atoms with Crippen LogP contribution in [0.2, 0.25) is 0 Å². The maximum atomic E-state index is 13.1. The summed E-state index contributed by atoms with van der Waals surface area (Å²) in [5, 5.41) is 3.89. The molecule has 29 heavy (non-hydrogen) atoms. The van der Waals surface area contributed by atoms with Crippen LogP contribution in [0.5, 0.6) is 11.5 Å². The van der Waals surface area contributed by atoms with Gasteiger partial charge in [-0.15, -0.1) is 0 Å². The van der Waals surface area contributed by atoms with Crippen molar-refractivity contribution in [1.82, 2.24) is 5.32 Å². The number of alkyl halides is 2. The maximum Gasteiger partial charge on any atom is 0.387 e. The van der Waals surface area contributed by atoms with Crippen molar-refractivity contribution in [3.05, 3.63) is 47.7 Å². The largest absolute Gasteiger partial charge is 0.493 e.